The van der Waals surface area contributed by atoms with Gasteiger partial charge in [0.25, 0.3) is 0 Å². The van der Waals surface area contributed by atoms with Crippen molar-refractivity contribution in [3.05, 3.63) is 0 Å². The van der Waals surface area contributed by atoms with Gasteiger partial charge in [-0.1, -0.05) is 26.7 Å². The van der Waals surface area contributed by atoms with Crippen LogP contribution in [0, 0.1) is 5.92 Å². The summed E-state index contributed by atoms with van der Waals surface area (Å²) in [6.45, 7) is 9.57. The highest BCUT2D eigenvalue weighted by molar-refractivity contribution is 5.77. The van der Waals surface area contributed by atoms with Crippen molar-refractivity contribution in [1.29, 1.82) is 0 Å². The van der Waals surface area contributed by atoms with E-state index in [1.54, 1.807) is 0 Å². The summed E-state index contributed by atoms with van der Waals surface area (Å²) in [6.07, 6.45) is 5.98. The van der Waals surface area contributed by atoms with Crippen LogP contribution in [0.2, 0.25) is 0 Å². The van der Waals surface area contributed by atoms with Gasteiger partial charge in [0.2, 0.25) is 5.91 Å². The number of likely N-dealkylation sites (tertiary alicyclic amines) is 1. The Hall–Kier alpha value is -0.570. The van der Waals surface area contributed by atoms with Crippen LogP contribution < -0.4 is 5.73 Å². The fraction of sp³-hybridized carbons (Fsp3) is 0.933. The Morgan fingerprint density at radius 1 is 1.39 bits per heavy atom. The van der Waals surface area contributed by atoms with Crippen molar-refractivity contribution in [2.75, 3.05) is 6.54 Å². The largest absolute Gasteiger partial charge is 0.337 e. The molecule has 1 aliphatic rings. The third-order valence-electron chi connectivity index (χ3n) is 3.94. The first-order chi connectivity index (χ1) is 8.33. The fourth-order valence-electron chi connectivity index (χ4n) is 2.88. The van der Waals surface area contributed by atoms with Crippen LogP contribution in [-0.4, -0.2) is 28.9 Å². The molecule has 1 amide bonds. The molecule has 1 heterocycles. The maximum Gasteiger partial charge on any atom is 0.223 e. The molecule has 3 nitrogen and oxygen atoms in total. The third kappa shape index (κ3) is 4.60. The number of rotatable bonds is 5. The number of amides is 1. The lowest BCUT2D eigenvalue weighted by atomic mass is 9.87. The number of nitrogens with two attached hydrogens (primary N) is 1. The lowest BCUT2D eigenvalue weighted by Gasteiger charge is -2.45. The highest BCUT2D eigenvalue weighted by Crippen LogP contribution is 2.27. The van der Waals surface area contributed by atoms with E-state index < -0.39 is 0 Å². The minimum atomic E-state index is -0.0627. The SMILES string of the molecule is CC(C)CCCCC(=O)N1CCC(N)CC1(C)C. The summed E-state index contributed by atoms with van der Waals surface area (Å²) in [5.41, 5.74) is 5.93. The molecule has 0 aliphatic carbocycles. The van der Waals surface area contributed by atoms with Crippen molar-refractivity contribution in [2.24, 2.45) is 11.7 Å². The number of unbranched alkanes of at least 4 members (excludes halogenated alkanes) is 1. The van der Waals surface area contributed by atoms with Gasteiger partial charge in [-0.25, -0.2) is 0 Å². The minimum absolute atomic E-state index is 0.0627. The van der Waals surface area contributed by atoms with Gasteiger partial charge >= 0.3 is 0 Å². The summed E-state index contributed by atoms with van der Waals surface area (Å²) >= 11 is 0. The number of carbonyl (C=O) groups is 1. The molecule has 18 heavy (non-hydrogen) atoms. The second-order valence-electron chi connectivity index (χ2n) is 6.75. The predicted octanol–water partition coefficient (Wildman–Crippen LogP) is 2.93. The summed E-state index contributed by atoms with van der Waals surface area (Å²) in [7, 11) is 0. The third-order valence-corrected chi connectivity index (χ3v) is 3.94. The molecule has 1 atom stereocenters. The van der Waals surface area contributed by atoms with E-state index in [1.807, 2.05) is 4.90 Å². The van der Waals surface area contributed by atoms with Crippen LogP contribution in [0.4, 0.5) is 0 Å². The Bertz CT molecular complexity index is 274. The number of piperidine rings is 1. The standard InChI is InChI=1S/C15H30N2O/c1-12(2)7-5-6-8-14(18)17-10-9-13(16)11-15(17,3)4/h12-13H,5-11,16H2,1-4H3. The Kier molecular flexibility index (Phi) is 5.64. The van der Waals surface area contributed by atoms with Crippen LogP contribution in [0.25, 0.3) is 0 Å². The quantitative estimate of drug-likeness (QED) is 0.767. The van der Waals surface area contributed by atoms with Gasteiger partial charge in [0.15, 0.2) is 0 Å². The number of carbonyl (C=O) groups excluding carboxylic acids is 1. The van der Waals surface area contributed by atoms with Gasteiger partial charge in [-0.15, -0.1) is 0 Å². The summed E-state index contributed by atoms with van der Waals surface area (Å²) in [4.78, 5) is 14.3. The molecule has 0 bridgehead atoms. The zero-order chi connectivity index (χ0) is 13.8. The van der Waals surface area contributed by atoms with Crippen molar-refractivity contribution >= 4 is 5.91 Å². The molecular formula is C15H30N2O. The summed E-state index contributed by atoms with van der Waals surface area (Å²) in [5, 5.41) is 0. The molecule has 1 unspecified atom stereocenters. The Balaban J connectivity index is 2.37. The molecule has 0 aromatic heterocycles. The van der Waals surface area contributed by atoms with Crippen molar-refractivity contribution in [3.63, 3.8) is 0 Å². The second kappa shape index (κ2) is 6.55. The van der Waals surface area contributed by atoms with E-state index in [0.29, 0.717) is 12.3 Å². The molecular weight excluding hydrogens is 224 g/mol. The van der Waals surface area contributed by atoms with Crippen LogP contribution in [0.15, 0.2) is 0 Å². The molecule has 0 radical (unpaired) electrons. The molecule has 0 saturated carbocycles. The zero-order valence-electron chi connectivity index (χ0n) is 12.5. The van der Waals surface area contributed by atoms with Gasteiger partial charge in [0.1, 0.15) is 0 Å². The van der Waals surface area contributed by atoms with Crippen molar-refractivity contribution in [2.45, 2.75) is 77.8 Å². The van der Waals surface area contributed by atoms with E-state index in [2.05, 4.69) is 27.7 Å². The predicted molar refractivity (Wildman–Crippen MR) is 76.3 cm³/mol. The average molecular weight is 254 g/mol. The highest BCUT2D eigenvalue weighted by atomic mass is 16.2. The number of nitrogens with zero attached hydrogens (tertiary/aromatic N) is 1. The average Bonchev–Trinajstić information content (AvgIpc) is 2.22. The first-order valence-corrected chi connectivity index (χ1v) is 7.39. The maximum atomic E-state index is 12.3. The lowest BCUT2D eigenvalue weighted by molar-refractivity contribution is -0.138. The second-order valence-corrected chi connectivity index (χ2v) is 6.75. The normalized spacial score (nSPS) is 23.4. The van der Waals surface area contributed by atoms with E-state index in [-0.39, 0.29) is 11.6 Å². The summed E-state index contributed by atoms with van der Waals surface area (Å²) < 4.78 is 0. The van der Waals surface area contributed by atoms with E-state index in [4.69, 9.17) is 5.73 Å². The summed E-state index contributed by atoms with van der Waals surface area (Å²) in [6, 6.07) is 0.255. The van der Waals surface area contributed by atoms with Gasteiger partial charge in [-0.3, -0.25) is 4.79 Å². The van der Waals surface area contributed by atoms with Crippen LogP contribution in [0.3, 0.4) is 0 Å². The van der Waals surface area contributed by atoms with Gasteiger partial charge < -0.3 is 10.6 Å². The molecule has 0 aromatic rings. The van der Waals surface area contributed by atoms with Gasteiger partial charge in [0, 0.05) is 24.5 Å². The van der Waals surface area contributed by atoms with E-state index in [9.17, 15) is 4.79 Å². The Morgan fingerprint density at radius 3 is 2.61 bits per heavy atom. The molecule has 1 rings (SSSR count). The van der Waals surface area contributed by atoms with Gasteiger partial charge in [0.05, 0.1) is 0 Å². The van der Waals surface area contributed by atoms with E-state index in [0.717, 1.165) is 38.1 Å². The molecule has 0 aromatic carbocycles. The van der Waals surface area contributed by atoms with Crippen LogP contribution in [0.5, 0.6) is 0 Å². The molecule has 0 spiro atoms. The number of hydrogen-bond acceptors (Lipinski definition) is 2. The zero-order valence-corrected chi connectivity index (χ0v) is 12.5. The molecule has 2 N–H and O–H groups in total. The smallest absolute Gasteiger partial charge is 0.223 e. The molecule has 3 heteroatoms. The van der Waals surface area contributed by atoms with Crippen molar-refractivity contribution in [1.82, 2.24) is 4.90 Å². The van der Waals surface area contributed by atoms with E-state index >= 15 is 0 Å². The van der Waals surface area contributed by atoms with Crippen LogP contribution >= 0.6 is 0 Å². The first kappa shape index (κ1) is 15.5. The van der Waals surface area contributed by atoms with Crippen molar-refractivity contribution in [3.8, 4) is 0 Å². The molecule has 1 fully saturated rings. The molecule has 106 valence electrons. The lowest BCUT2D eigenvalue weighted by Crippen LogP contribution is -2.55. The van der Waals surface area contributed by atoms with Gasteiger partial charge in [-0.05, 0) is 39.0 Å². The fourth-order valence-corrected chi connectivity index (χ4v) is 2.88. The monoisotopic (exact) mass is 254 g/mol. The highest BCUT2D eigenvalue weighted by Gasteiger charge is 2.35. The first-order valence-electron chi connectivity index (χ1n) is 7.39. The summed E-state index contributed by atoms with van der Waals surface area (Å²) in [5.74, 6) is 1.06. The van der Waals surface area contributed by atoms with Crippen LogP contribution in [0.1, 0.15) is 66.2 Å². The Morgan fingerprint density at radius 2 is 2.06 bits per heavy atom. The Labute approximate surface area is 112 Å². The minimum Gasteiger partial charge on any atom is -0.337 e. The topological polar surface area (TPSA) is 46.3 Å². The van der Waals surface area contributed by atoms with Crippen LogP contribution in [-0.2, 0) is 4.79 Å². The van der Waals surface area contributed by atoms with Gasteiger partial charge in [-0.2, -0.15) is 0 Å². The molecule has 1 aliphatic heterocycles. The van der Waals surface area contributed by atoms with Crippen molar-refractivity contribution < 1.29 is 4.79 Å². The van der Waals surface area contributed by atoms with E-state index in [1.165, 1.54) is 6.42 Å². The molecule has 1 saturated heterocycles. The maximum absolute atomic E-state index is 12.3. The number of hydrogen-bond donors (Lipinski definition) is 1.